The van der Waals surface area contributed by atoms with Crippen molar-refractivity contribution >= 4 is 5.97 Å². The van der Waals surface area contributed by atoms with Gasteiger partial charge in [0.25, 0.3) is 0 Å². The van der Waals surface area contributed by atoms with Crippen LogP contribution in [0.4, 0.5) is 13.2 Å². The largest absolute Gasteiger partial charge is 0.469 e. The van der Waals surface area contributed by atoms with Crippen LogP contribution in [0.15, 0.2) is 24.3 Å². The van der Waals surface area contributed by atoms with Crippen molar-refractivity contribution in [1.82, 2.24) is 5.32 Å². The van der Waals surface area contributed by atoms with Crippen molar-refractivity contribution < 1.29 is 22.7 Å². The van der Waals surface area contributed by atoms with Gasteiger partial charge in [0.05, 0.1) is 18.1 Å². The van der Waals surface area contributed by atoms with Crippen LogP contribution in [0.2, 0.25) is 0 Å². The van der Waals surface area contributed by atoms with Crippen molar-refractivity contribution in [1.29, 1.82) is 0 Å². The first kappa shape index (κ1) is 18.2. The summed E-state index contributed by atoms with van der Waals surface area (Å²) in [6.45, 7) is 0.759. The van der Waals surface area contributed by atoms with E-state index in [0.717, 1.165) is 62.8 Å². The van der Waals surface area contributed by atoms with Crippen LogP contribution in [-0.2, 0) is 15.7 Å². The molecule has 1 aromatic rings. The second kappa shape index (κ2) is 6.98. The highest BCUT2D eigenvalue weighted by Gasteiger charge is 2.49. The van der Waals surface area contributed by atoms with E-state index in [9.17, 15) is 18.0 Å². The number of piperidine rings is 1. The fourth-order valence-corrected chi connectivity index (χ4v) is 4.57. The number of alkyl halides is 3. The zero-order valence-corrected chi connectivity index (χ0v) is 14.4. The zero-order chi connectivity index (χ0) is 18.1. The molecule has 1 aliphatic heterocycles. The fraction of sp³-hybridized carbons (Fsp3) is 0.632. The minimum atomic E-state index is -4.32. The third kappa shape index (κ3) is 3.54. The van der Waals surface area contributed by atoms with Gasteiger partial charge >= 0.3 is 12.1 Å². The Morgan fingerprint density at radius 2 is 1.84 bits per heavy atom. The molecule has 3 rings (SSSR count). The first-order valence-electron chi connectivity index (χ1n) is 8.86. The summed E-state index contributed by atoms with van der Waals surface area (Å²) in [5.41, 5.74) is -0.206. The van der Waals surface area contributed by atoms with Gasteiger partial charge < -0.3 is 10.1 Å². The van der Waals surface area contributed by atoms with Gasteiger partial charge in [0.15, 0.2) is 0 Å². The van der Waals surface area contributed by atoms with Crippen LogP contribution >= 0.6 is 0 Å². The van der Waals surface area contributed by atoms with Crippen molar-refractivity contribution in [3.8, 4) is 0 Å². The van der Waals surface area contributed by atoms with E-state index in [2.05, 4.69) is 5.32 Å². The number of nitrogens with one attached hydrogen (secondary N) is 1. The Hall–Kier alpha value is -1.56. The number of carbonyl (C=O) groups excluding carboxylic acids is 1. The summed E-state index contributed by atoms with van der Waals surface area (Å²) in [4.78, 5) is 12.5. The molecule has 1 N–H and O–H groups in total. The Kier molecular flexibility index (Phi) is 5.09. The number of halogens is 3. The molecule has 0 radical (unpaired) electrons. The minimum Gasteiger partial charge on any atom is -0.469 e. The molecule has 0 amide bonds. The van der Waals surface area contributed by atoms with E-state index in [0.29, 0.717) is 0 Å². The molecular weight excluding hydrogens is 331 g/mol. The average Bonchev–Trinajstić information content (AvgIpc) is 3.11. The highest BCUT2D eigenvalue weighted by molar-refractivity contribution is 5.77. The third-order valence-electron chi connectivity index (χ3n) is 5.91. The van der Waals surface area contributed by atoms with E-state index in [1.807, 2.05) is 0 Å². The second-order valence-electron chi connectivity index (χ2n) is 7.20. The van der Waals surface area contributed by atoms with E-state index in [1.54, 1.807) is 12.1 Å². The Morgan fingerprint density at radius 3 is 2.40 bits per heavy atom. The van der Waals surface area contributed by atoms with Gasteiger partial charge in [-0.3, -0.25) is 4.79 Å². The lowest BCUT2D eigenvalue weighted by atomic mass is 9.68. The number of hydrogen-bond donors (Lipinski definition) is 1. The van der Waals surface area contributed by atoms with Gasteiger partial charge in [0.1, 0.15) is 0 Å². The maximum Gasteiger partial charge on any atom is 0.416 e. The molecule has 2 fully saturated rings. The van der Waals surface area contributed by atoms with Gasteiger partial charge in [-0.1, -0.05) is 25.0 Å². The van der Waals surface area contributed by atoms with Gasteiger partial charge in [0, 0.05) is 6.04 Å². The molecule has 6 heteroatoms. The number of esters is 1. The van der Waals surface area contributed by atoms with Gasteiger partial charge in [-0.15, -0.1) is 0 Å². The lowest BCUT2D eigenvalue weighted by molar-refractivity contribution is -0.157. The van der Waals surface area contributed by atoms with Gasteiger partial charge in [0.2, 0.25) is 0 Å². The van der Waals surface area contributed by atoms with Crippen LogP contribution in [0.25, 0.3) is 0 Å². The molecule has 3 nitrogen and oxygen atoms in total. The molecule has 0 bridgehead atoms. The molecule has 25 heavy (non-hydrogen) atoms. The molecule has 1 aliphatic carbocycles. The molecule has 2 atom stereocenters. The molecule has 0 aromatic heterocycles. The number of methoxy groups -OCH3 is 1. The first-order chi connectivity index (χ1) is 11.9. The van der Waals surface area contributed by atoms with Crippen molar-refractivity contribution in [3.63, 3.8) is 0 Å². The zero-order valence-electron chi connectivity index (χ0n) is 14.4. The van der Waals surface area contributed by atoms with Crippen molar-refractivity contribution in [2.45, 2.75) is 50.7 Å². The summed E-state index contributed by atoms with van der Waals surface area (Å²) in [6.07, 6.45) is 1.09. The van der Waals surface area contributed by atoms with E-state index >= 15 is 0 Å². The Morgan fingerprint density at radius 1 is 1.20 bits per heavy atom. The van der Waals surface area contributed by atoms with Crippen LogP contribution < -0.4 is 5.32 Å². The van der Waals surface area contributed by atoms with Crippen LogP contribution in [0.1, 0.15) is 55.7 Å². The lowest BCUT2D eigenvalue weighted by Crippen LogP contribution is -2.44. The third-order valence-corrected chi connectivity index (χ3v) is 5.91. The van der Waals surface area contributed by atoms with Crippen LogP contribution in [-0.4, -0.2) is 19.6 Å². The number of carbonyl (C=O) groups is 1. The van der Waals surface area contributed by atoms with E-state index in [1.165, 1.54) is 7.11 Å². The molecule has 138 valence electrons. The summed E-state index contributed by atoms with van der Waals surface area (Å²) >= 11 is 0. The first-order valence-corrected chi connectivity index (χ1v) is 8.86. The molecule has 0 unspecified atom stereocenters. The monoisotopic (exact) mass is 355 g/mol. The van der Waals surface area contributed by atoms with E-state index < -0.39 is 17.2 Å². The summed E-state index contributed by atoms with van der Waals surface area (Å²) in [6, 6.07) is 5.33. The fourth-order valence-electron chi connectivity index (χ4n) is 4.57. The normalized spacial score (nSPS) is 26.4. The Balaban J connectivity index is 1.78. The molecule has 1 aromatic carbocycles. The topological polar surface area (TPSA) is 38.3 Å². The minimum absolute atomic E-state index is 0.0248. The van der Waals surface area contributed by atoms with Gasteiger partial charge in [-0.2, -0.15) is 13.2 Å². The van der Waals surface area contributed by atoms with Crippen LogP contribution in [0, 0.1) is 11.3 Å². The lowest BCUT2D eigenvalue weighted by Gasteiger charge is -2.40. The molecule has 1 saturated heterocycles. The highest BCUT2D eigenvalue weighted by atomic mass is 19.4. The number of hydrogen-bond acceptors (Lipinski definition) is 3. The van der Waals surface area contributed by atoms with Crippen molar-refractivity contribution in [3.05, 3.63) is 35.4 Å². The molecular formula is C19H24F3NO2. The second-order valence-corrected chi connectivity index (χ2v) is 7.20. The Bertz CT molecular complexity index is 606. The SMILES string of the molecule is COC(=O)C1([C@H]2CCN[C@@H](c3ccc(C(F)(F)F)cc3)C2)CCCC1. The smallest absolute Gasteiger partial charge is 0.416 e. The van der Waals surface area contributed by atoms with Crippen molar-refractivity contribution in [2.24, 2.45) is 11.3 Å². The molecule has 2 aliphatic rings. The quantitative estimate of drug-likeness (QED) is 0.813. The predicted octanol–water partition coefficient (Wildman–Crippen LogP) is 4.48. The molecule has 1 saturated carbocycles. The van der Waals surface area contributed by atoms with Crippen molar-refractivity contribution in [2.75, 3.05) is 13.7 Å². The van der Waals surface area contributed by atoms with Gasteiger partial charge in [-0.25, -0.2) is 0 Å². The Labute approximate surface area is 145 Å². The van der Waals surface area contributed by atoms with Gasteiger partial charge in [-0.05, 0) is 55.8 Å². The van der Waals surface area contributed by atoms with Crippen LogP contribution in [0.5, 0.6) is 0 Å². The summed E-state index contributed by atoms with van der Waals surface area (Å²) in [5.74, 6) is 0.0825. The highest BCUT2D eigenvalue weighted by Crippen LogP contribution is 2.50. The van der Waals surface area contributed by atoms with E-state index in [-0.39, 0.29) is 17.9 Å². The predicted molar refractivity (Wildman–Crippen MR) is 87.8 cm³/mol. The average molecular weight is 355 g/mol. The maximum atomic E-state index is 12.7. The summed E-state index contributed by atoms with van der Waals surface area (Å²) in [5, 5.41) is 3.39. The number of benzene rings is 1. The number of ether oxygens (including phenoxy) is 1. The number of rotatable bonds is 3. The van der Waals surface area contributed by atoms with Crippen LogP contribution in [0.3, 0.4) is 0 Å². The summed E-state index contributed by atoms with van der Waals surface area (Å²) < 4.78 is 43.3. The maximum absolute atomic E-state index is 12.7. The summed E-state index contributed by atoms with van der Waals surface area (Å²) in [7, 11) is 1.44. The molecule has 1 heterocycles. The van der Waals surface area contributed by atoms with E-state index in [4.69, 9.17) is 4.74 Å². The standard InChI is InChI=1S/C19H24F3NO2/c1-25-17(24)18(9-2-3-10-18)15-8-11-23-16(12-15)13-4-6-14(7-5-13)19(20,21)22/h4-7,15-16,23H,2-3,8-12H2,1H3/t15-,16+/m0/s1. The molecule has 0 spiro atoms.